The summed E-state index contributed by atoms with van der Waals surface area (Å²) in [5.41, 5.74) is 2.70. The number of benzene rings is 3. The molecule has 1 fully saturated rings. The maximum Gasteiger partial charge on any atom is 0.161 e. The Morgan fingerprint density at radius 2 is 1.77 bits per heavy atom. The van der Waals surface area contributed by atoms with Gasteiger partial charge in [0.2, 0.25) is 0 Å². The number of nitrogens with zero attached hydrogens (tertiary/aromatic N) is 4. The molecule has 4 aromatic rings. The first-order valence-electron chi connectivity index (χ1n) is 13.5. The van der Waals surface area contributed by atoms with Crippen molar-refractivity contribution in [3.8, 4) is 17.2 Å². The SMILES string of the molecule is COc1ccccc1OCCN(Cc1ccccc1)C[C@@H](O)COc1cccc2c1nnn2C1CCCCO1. The lowest BCUT2D eigenvalue weighted by Gasteiger charge is -2.25. The minimum absolute atomic E-state index is 0.103. The van der Waals surface area contributed by atoms with Gasteiger partial charge in [0, 0.05) is 26.2 Å². The third kappa shape index (κ3) is 7.06. The summed E-state index contributed by atoms with van der Waals surface area (Å²) in [6, 6.07) is 23.5. The maximum atomic E-state index is 10.9. The first-order chi connectivity index (χ1) is 19.2. The summed E-state index contributed by atoms with van der Waals surface area (Å²) >= 11 is 0. The maximum absolute atomic E-state index is 10.9. The third-order valence-electron chi connectivity index (χ3n) is 6.78. The van der Waals surface area contributed by atoms with Gasteiger partial charge < -0.3 is 24.1 Å². The first kappa shape index (κ1) is 26.9. The standard InChI is InChI=1S/C30H36N4O5/c1-36-26-13-5-6-14-27(26)37-19-17-33(20-23-10-3-2-4-11-23)21-24(35)22-39-28-15-9-12-25-30(28)31-32-34(25)29-16-7-8-18-38-29/h2-6,9-15,24,29,35H,7-8,16-22H2,1H3/t24-,29?/m1/s1. The Hall–Kier alpha value is -3.66. The molecule has 0 spiro atoms. The Bertz CT molecular complexity index is 1310. The molecule has 3 aromatic carbocycles. The number of rotatable bonds is 13. The molecule has 2 heterocycles. The van der Waals surface area contributed by atoms with Crippen molar-refractivity contribution in [2.24, 2.45) is 0 Å². The van der Waals surface area contributed by atoms with Crippen LogP contribution in [0.25, 0.3) is 11.0 Å². The molecule has 1 aromatic heterocycles. The Labute approximate surface area is 228 Å². The lowest BCUT2D eigenvalue weighted by atomic mass is 10.2. The predicted octanol–water partition coefficient (Wildman–Crippen LogP) is 4.46. The fraction of sp³-hybridized carbons (Fsp3) is 0.400. The van der Waals surface area contributed by atoms with E-state index in [4.69, 9.17) is 18.9 Å². The second-order valence-corrected chi connectivity index (χ2v) is 9.66. The van der Waals surface area contributed by atoms with Crippen LogP contribution in [0.4, 0.5) is 0 Å². The van der Waals surface area contributed by atoms with Crippen molar-refractivity contribution < 1.29 is 24.1 Å². The Morgan fingerprint density at radius 1 is 0.974 bits per heavy atom. The summed E-state index contributed by atoms with van der Waals surface area (Å²) in [6.07, 6.45) is 2.28. The Kier molecular flexibility index (Phi) is 9.26. The number of ether oxygens (including phenoxy) is 4. The van der Waals surface area contributed by atoms with E-state index in [1.165, 1.54) is 0 Å². The zero-order chi connectivity index (χ0) is 26.9. The van der Waals surface area contributed by atoms with E-state index in [2.05, 4.69) is 27.3 Å². The molecule has 39 heavy (non-hydrogen) atoms. The summed E-state index contributed by atoms with van der Waals surface area (Å²) in [4.78, 5) is 2.16. The number of hydrogen-bond donors (Lipinski definition) is 1. The van der Waals surface area contributed by atoms with Crippen molar-refractivity contribution in [1.82, 2.24) is 19.9 Å². The number of hydrogen-bond acceptors (Lipinski definition) is 8. The number of methoxy groups -OCH3 is 1. The molecule has 0 saturated carbocycles. The fourth-order valence-corrected chi connectivity index (χ4v) is 4.82. The molecular weight excluding hydrogens is 496 g/mol. The van der Waals surface area contributed by atoms with Crippen LogP contribution < -0.4 is 14.2 Å². The summed E-state index contributed by atoms with van der Waals surface area (Å²) in [5.74, 6) is 1.99. The van der Waals surface area contributed by atoms with Gasteiger partial charge >= 0.3 is 0 Å². The van der Waals surface area contributed by atoms with Crippen LogP contribution in [-0.4, -0.2) is 71.1 Å². The molecule has 1 unspecified atom stereocenters. The average molecular weight is 533 g/mol. The number of aromatic nitrogens is 3. The van der Waals surface area contributed by atoms with Gasteiger partial charge in [-0.1, -0.05) is 53.7 Å². The molecule has 1 saturated heterocycles. The molecule has 1 aliphatic heterocycles. The van der Waals surface area contributed by atoms with Crippen molar-refractivity contribution in [2.45, 2.75) is 38.1 Å². The molecule has 0 bridgehead atoms. The van der Waals surface area contributed by atoms with Gasteiger partial charge in [-0.25, -0.2) is 4.68 Å². The van der Waals surface area contributed by atoms with Crippen LogP contribution in [0, 0.1) is 0 Å². The third-order valence-corrected chi connectivity index (χ3v) is 6.78. The van der Waals surface area contributed by atoms with E-state index in [1.54, 1.807) is 7.11 Å². The van der Waals surface area contributed by atoms with Crippen LogP contribution in [0.3, 0.4) is 0 Å². The summed E-state index contributed by atoms with van der Waals surface area (Å²) in [7, 11) is 1.63. The van der Waals surface area contributed by atoms with Crippen LogP contribution in [-0.2, 0) is 11.3 Å². The number of aliphatic hydroxyl groups excluding tert-OH is 1. The lowest BCUT2D eigenvalue weighted by Crippen LogP contribution is -2.37. The van der Waals surface area contributed by atoms with Crippen LogP contribution in [0.2, 0.25) is 0 Å². The van der Waals surface area contributed by atoms with E-state index in [9.17, 15) is 5.11 Å². The van der Waals surface area contributed by atoms with E-state index >= 15 is 0 Å². The molecule has 2 atom stereocenters. The number of para-hydroxylation sites is 2. The second kappa shape index (κ2) is 13.4. The van der Waals surface area contributed by atoms with Crippen molar-refractivity contribution in [3.05, 3.63) is 78.4 Å². The zero-order valence-corrected chi connectivity index (χ0v) is 22.3. The van der Waals surface area contributed by atoms with Crippen LogP contribution >= 0.6 is 0 Å². The highest BCUT2D eigenvalue weighted by Crippen LogP contribution is 2.29. The predicted molar refractivity (Wildman–Crippen MR) is 148 cm³/mol. The molecular formula is C30H36N4O5. The average Bonchev–Trinajstić information content (AvgIpc) is 3.42. The first-order valence-corrected chi connectivity index (χ1v) is 13.5. The highest BCUT2D eigenvalue weighted by molar-refractivity contribution is 5.81. The monoisotopic (exact) mass is 532 g/mol. The van der Waals surface area contributed by atoms with Crippen LogP contribution in [0.15, 0.2) is 72.8 Å². The molecule has 9 nitrogen and oxygen atoms in total. The minimum Gasteiger partial charge on any atom is -0.493 e. The van der Waals surface area contributed by atoms with Crippen molar-refractivity contribution in [2.75, 3.05) is 40.0 Å². The molecule has 1 aliphatic rings. The van der Waals surface area contributed by atoms with Crippen molar-refractivity contribution >= 4 is 11.0 Å². The van der Waals surface area contributed by atoms with E-state index in [0.717, 1.165) is 36.9 Å². The number of aliphatic hydroxyl groups is 1. The Morgan fingerprint density at radius 3 is 2.56 bits per heavy atom. The summed E-state index contributed by atoms with van der Waals surface area (Å²) in [5, 5.41) is 19.7. The highest BCUT2D eigenvalue weighted by atomic mass is 16.5. The molecule has 5 rings (SSSR count). The van der Waals surface area contributed by atoms with Crippen molar-refractivity contribution in [1.29, 1.82) is 0 Å². The van der Waals surface area contributed by atoms with Gasteiger partial charge in [-0.15, -0.1) is 5.10 Å². The number of fused-ring (bicyclic) bond motifs is 1. The van der Waals surface area contributed by atoms with Gasteiger partial charge in [0.15, 0.2) is 23.2 Å². The Balaban J connectivity index is 1.20. The van der Waals surface area contributed by atoms with E-state index in [1.807, 2.05) is 65.3 Å². The van der Waals surface area contributed by atoms with Gasteiger partial charge in [0.1, 0.15) is 25.1 Å². The van der Waals surface area contributed by atoms with Crippen molar-refractivity contribution in [3.63, 3.8) is 0 Å². The molecule has 0 radical (unpaired) electrons. The molecule has 9 heteroatoms. The molecule has 0 amide bonds. The van der Waals surface area contributed by atoms with Gasteiger partial charge in [-0.3, -0.25) is 4.90 Å². The normalized spacial score (nSPS) is 16.3. The lowest BCUT2D eigenvalue weighted by molar-refractivity contribution is -0.0377. The largest absolute Gasteiger partial charge is 0.493 e. The van der Waals surface area contributed by atoms with E-state index in [0.29, 0.717) is 49.0 Å². The molecule has 1 N–H and O–H groups in total. The topological polar surface area (TPSA) is 91.1 Å². The van der Waals surface area contributed by atoms with E-state index in [-0.39, 0.29) is 12.8 Å². The van der Waals surface area contributed by atoms with Gasteiger partial charge in [0.05, 0.1) is 12.6 Å². The van der Waals surface area contributed by atoms with E-state index < -0.39 is 6.10 Å². The second-order valence-electron chi connectivity index (χ2n) is 9.66. The van der Waals surface area contributed by atoms with Crippen LogP contribution in [0.1, 0.15) is 31.1 Å². The molecule has 0 aliphatic carbocycles. The minimum atomic E-state index is -0.716. The highest BCUT2D eigenvalue weighted by Gasteiger charge is 2.21. The quantitative estimate of drug-likeness (QED) is 0.270. The summed E-state index contributed by atoms with van der Waals surface area (Å²) in [6.45, 7) is 3.03. The zero-order valence-electron chi connectivity index (χ0n) is 22.3. The fourth-order valence-electron chi connectivity index (χ4n) is 4.82. The molecule has 206 valence electrons. The van der Waals surface area contributed by atoms with Gasteiger partial charge in [-0.05, 0) is 49.1 Å². The van der Waals surface area contributed by atoms with Gasteiger partial charge in [-0.2, -0.15) is 0 Å². The summed E-state index contributed by atoms with van der Waals surface area (Å²) < 4.78 is 25.2. The van der Waals surface area contributed by atoms with Crippen LogP contribution in [0.5, 0.6) is 17.2 Å². The smallest absolute Gasteiger partial charge is 0.161 e. The van der Waals surface area contributed by atoms with Gasteiger partial charge in [0.25, 0.3) is 0 Å².